The van der Waals surface area contributed by atoms with E-state index in [0.29, 0.717) is 23.9 Å². The number of rotatable bonds is 63. The summed E-state index contributed by atoms with van der Waals surface area (Å²) in [5.74, 6) is -2.03. The van der Waals surface area contributed by atoms with Crippen molar-refractivity contribution < 1.29 is 42.9 Å². The lowest BCUT2D eigenvalue weighted by Crippen LogP contribution is -2.40. The maximum absolute atomic E-state index is 12.8. The van der Waals surface area contributed by atoms with Gasteiger partial charge in [0, 0.05) is 12.8 Å². The Morgan fingerprint density at radius 2 is 0.731 bits per heavy atom. The van der Waals surface area contributed by atoms with Crippen molar-refractivity contribution in [2.45, 2.75) is 341 Å². The van der Waals surface area contributed by atoms with E-state index in [1.807, 2.05) is 21.1 Å². The highest BCUT2D eigenvalue weighted by Gasteiger charge is 2.25. The van der Waals surface area contributed by atoms with E-state index in [9.17, 15) is 19.5 Å². The van der Waals surface area contributed by atoms with Gasteiger partial charge in [-0.2, -0.15) is 0 Å². The van der Waals surface area contributed by atoms with Gasteiger partial charge in [0.05, 0.1) is 34.4 Å². The van der Waals surface area contributed by atoms with Gasteiger partial charge in [0.1, 0.15) is 13.2 Å². The smallest absolute Gasteiger partial charge is 0.361 e. The summed E-state index contributed by atoms with van der Waals surface area (Å²) >= 11 is 0. The van der Waals surface area contributed by atoms with Crippen LogP contribution < -0.4 is 0 Å². The minimum atomic E-state index is -1.52. The van der Waals surface area contributed by atoms with Crippen molar-refractivity contribution >= 4 is 17.9 Å². The number of carbonyl (C=O) groups excluding carboxylic acids is 2. The summed E-state index contributed by atoms with van der Waals surface area (Å²) in [5, 5.41) is 9.69. The molecule has 9 heteroatoms. The molecule has 0 saturated heterocycles. The fourth-order valence-corrected chi connectivity index (χ4v) is 10.0. The van der Waals surface area contributed by atoms with E-state index in [4.69, 9.17) is 18.9 Å². The third-order valence-electron chi connectivity index (χ3n) is 15.2. The van der Waals surface area contributed by atoms with Gasteiger partial charge in [-0.1, -0.05) is 307 Å². The number of quaternary nitrogens is 1. The molecular weight excluding hydrogens is 971 g/mol. The van der Waals surface area contributed by atoms with Gasteiger partial charge in [-0.05, 0) is 44.9 Å². The largest absolute Gasteiger partial charge is 0.477 e. The minimum Gasteiger partial charge on any atom is -0.477 e. The highest BCUT2D eigenvalue weighted by atomic mass is 16.7. The van der Waals surface area contributed by atoms with Crippen molar-refractivity contribution in [2.24, 2.45) is 0 Å². The van der Waals surface area contributed by atoms with Crippen LogP contribution in [0, 0.1) is 0 Å². The van der Waals surface area contributed by atoms with Gasteiger partial charge < -0.3 is 28.5 Å². The van der Waals surface area contributed by atoms with Crippen LogP contribution in [0.15, 0.2) is 36.5 Å². The van der Waals surface area contributed by atoms with E-state index >= 15 is 0 Å². The van der Waals surface area contributed by atoms with Crippen molar-refractivity contribution in [3.63, 3.8) is 0 Å². The molecule has 0 saturated carbocycles. The maximum atomic E-state index is 12.8. The first-order valence-corrected chi connectivity index (χ1v) is 33.7. The van der Waals surface area contributed by atoms with E-state index in [2.05, 4.69) is 50.3 Å². The van der Waals surface area contributed by atoms with Crippen LogP contribution in [0.3, 0.4) is 0 Å². The number of ether oxygens (including phenoxy) is 4. The molecule has 0 aliphatic carbocycles. The molecule has 0 amide bonds. The quantitative estimate of drug-likeness (QED) is 0.0211. The monoisotopic (exact) mass is 1100 g/mol. The van der Waals surface area contributed by atoms with Gasteiger partial charge in [-0.25, -0.2) is 4.79 Å². The molecule has 0 fully saturated rings. The van der Waals surface area contributed by atoms with Crippen molar-refractivity contribution in [3.8, 4) is 0 Å². The van der Waals surface area contributed by atoms with Gasteiger partial charge in [0.2, 0.25) is 0 Å². The lowest BCUT2D eigenvalue weighted by atomic mass is 10.0. The van der Waals surface area contributed by atoms with E-state index < -0.39 is 24.3 Å². The van der Waals surface area contributed by atoms with Gasteiger partial charge >= 0.3 is 17.9 Å². The highest BCUT2D eigenvalue weighted by molar-refractivity contribution is 5.71. The Labute approximate surface area is 483 Å². The van der Waals surface area contributed by atoms with E-state index in [1.54, 1.807) is 0 Å². The summed E-state index contributed by atoms with van der Waals surface area (Å²) < 4.78 is 22.8. The lowest BCUT2D eigenvalue weighted by molar-refractivity contribution is -0.870. The second-order valence-electron chi connectivity index (χ2n) is 24.1. The van der Waals surface area contributed by atoms with Crippen LogP contribution >= 0.6 is 0 Å². The Kier molecular flexibility index (Phi) is 58.7. The number of unbranched alkanes of at least 4 members (excludes halogenated alkanes) is 42. The number of likely N-dealkylation sites (N-methyl/N-ethyl adjacent to an activating group) is 1. The molecule has 9 nitrogen and oxygen atoms in total. The lowest BCUT2D eigenvalue weighted by Gasteiger charge is -2.25. The number of carboxylic acids is 1. The van der Waals surface area contributed by atoms with Crippen LogP contribution in [0.2, 0.25) is 0 Å². The average Bonchev–Trinajstić information content (AvgIpc) is 3.41. The SMILES string of the molecule is CC/C=C\C/C=C\C/C=C\CCCCCC(=O)OC(COC(=O)CCCCCCCCCCCCCCCCCCCCCCCCCCCCCCCCCCCCCCCCCC)COC(OCC[N+](C)(C)C)C(=O)O. The van der Waals surface area contributed by atoms with Gasteiger partial charge in [0.25, 0.3) is 6.29 Å². The number of hydrogen-bond acceptors (Lipinski definition) is 7. The van der Waals surface area contributed by atoms with Crippen LogP contribution in [-0.2, 0) is 33.3 Å². The Hall–Kier alpha value is -2.49. The van der Waals surface area contributed by atoms with Crippen molar-refractivity contribution in [3.05, 3.63) is 36.5 Å². The summed E-state index contributed by atoms with van der Waals surface area (Å²) in [6.45, 7) is 4.76. The molecule has 2 atom stereocenters. The Bertz CT molecular complexity index is 1370. The molecule has 0 aromatic carbocycles. The summed E-state index contributed by atoms with van der Waals surface area (Å²) in [7, 11) is 5.96. The number of carbonyl (C=O) groups is 3. The summed E-state index contributed by atoms with van der Waals surface area (Å²) in [6.07, 6.45) is 73.1. The molecule has 0 heterocycles. The van der Waals surface area contributed by atoms with Crippen LogP contribution in [0.1, 0.15) is 328 Å². The summed E-state index contributed by atoms with van der Waals surface area (Å²) in [4.78, 5) is 37.4. The second-order valence-corrected chi connectivity index (χ2v) is 24.1. The first-order chi connectivity index (χ1) is 38.1. The zero-order valence-corrected chi connectivity index (χ0v) is 52.3. The average molecular weight is 1100 g/mol. The standard InChI is InChI=1S/C69H129NO8/c1-6-8-10-12-14-16-18-20-21-22-23-24-25-26-27-28-29-30-31-32-33-34-35-36-37-38-39-40-41-42-43-44-45-46-48-49-51-53-55-57-59-66(71)76-63-65(64-77-69(68(73)74)75-62-61-70(3,4)5)78-67(72)60-58-56-54-52-50-47-19-17-15-13-11-9-7-2/h9,11,15,17,47,50,65,69H,6-8,10,12-14,16,18-46,48-49,51-64H2,1-5H3/p+1/b11-9-,17-15-,50-47-. The number of allylic oxidation sites excluding steroid dienone is 6. The number of aliphatic carboxylic acids is 1. The van der Waals surface area contributed by atoms with Crippen LogP contribution in [-0.4, -0.2) is 87.4 Å². The van der Waals surface area contributed by atoms with Crippen molar-refractivity contribution in [2.75, 3.05) is 47.5 Å². The Balaban J connectivity index is 3.85. The molecule has 0 rings (SSSR count). The number of carboxylic acid groups (broad SMARTS) is 1. The van der Waals surface area contributed by atoms with E-state index in [1.165, 1.54) is 238 Å². The van der Waals surface area contributed by atoms with Crippen molar-refractivity contribution in [1.29, 1.82) is 0 Å². The Morgan fingerprint density at radius 3 is 1.09 bits per heavy atom. The normalized spacial score (nSPS) is 12.9. The fraction of sp³-hybridized carbons (Fsp3) is 0.870. The highest BCUT2D eigenvalue weighted by Crippen LogP contribution is 2.19. The number of nitrogens with zero attached hydrogens (tertiary/aromatic N) is 1. The van der Waals surface area contributed by atoms with E-state index in [0.717, 1.165) is 57.8 Å². The van der Waals surface area contributed by atoms with Crippen molar-refractivity contribution in [1.82, 2.24) is 0 Å². The predicted molar refractivity (Wildman–Crippen MR) is 332 cm³/mol. The van der Waals surface area contributed by atoms with Gasteiger partial charge in [-0.15, -0.1) is 0 Å². The van der Waals surface area contributed by atoms with Crippen LogP contribution in [0.25, 0.3) is 0 Å². The molecule has 0 bridgehead atoms. The van der Waals surface area contributed by atoms with Gasteiger partial charge in [-0.3, -0.25) is 9.59 Å². The first kappa shape index (κ1) is 75.5. The maximum Gasteiger partial charge on any atom is 0.361 e. The third kappa shape index (κ3) is 61.1. The first-order valence-electron chi connectivity index (χ1n) is 33.7. The molecule has 0 spiro atoms. The topological polar surface area (TPSA) is 108 Å². The molecular formula is C69H130NO8+. The van der Waals surface area contributed by atoms with Crippen LogP contribution in [0.5, 0.6) is 0 Å². The molecule has 78 heavy (non-hydrogen) atoms. The molecule has 0 aliphatic rings. The fourth-order valence-electron chi connectivity index (χ4n) is 10.0. The molecule has 2 unspecified atom stereocenters. The molecule has 1 N–H and O–H groups in total. The number of hydrogen-bond donors (Lipinski definition) is 1. The zero-order valence-electron chi connectivity index (χ0n) is 52.3. The molecule has 0 aliphatic heterocycles. The Morgan fingerprint density at radius 1 is 0.397 bits per heavy atom. The zero-order chi connectivity index (χ0) is 56.9. The molecule has 458 valence electrons. The summed E-state index contributed by atoms with van der Waals surface area (Å²) in [6, 6.07) is 0. The predicted octanol–water partition coefficient (Wildman–Crippen LogP) is 20.4. The minimum absolute atomic E-state index is 0.183. The van der Waals surface area contributed by atoms with Gasteiger partial charge in [0.15, 0.2) is 6.10 Å². The molecule has 0 radical (unpaired) electrons. The number of esters is 2. The second kappa shape index (κ2) is 60.6. The van der Waals surface area contributed by atoms with E-state index in [-0.39, 0.29) is 32.2 Å². The van der Waals surface area contributed by atoms with Crippen LogP contribution in [0.4, 0.5) is 0 Å². The summed E-state index contributed by atoms with van der Waals surface area (Å²) in [5.41, 5.74) is 0. The molecule has 0 aromatic rings. The third-order valence-corrected chi connectivity index (χ3v) is 15.2. The molecule has 0 aromatic heterocycles.